The van der Waals surface area contributed by atoms with Crippen LogP contribution in [-0.2, 0) is 4.79 Å². The SMILES string of the molecule is O=C(O)C(=O)c1ccc(OCCCNC(=O)c2ccc3ccccc3c2)cc1. The summed E-state index contributed by atoms with van der Waals surface area (Å²) < 4.78 is 5.54. The van der Waals surface area contributed by atoms with E-state index in [0.29, 0.717) is 30.9 Å². The highest BCUT2D eigenvalue weighted by atomic mass is 16.5. The number of ether oxygens (including phenoxy) is 1. The Hall–Kier alpha value is -3.67. The Labute approximate surface area is 161 Å². The quantitative estimate of drug-likeness (QED) is 0.357. The largest absolute Gasteiger partial charge is 0.494 e. The number of rotatable bonds is 8. The van der Waals surface area contributed by atoms with E-state index in [2.05, 4.69) is 5.32 Å². The van der Waals surface area contributed by atoms with Crippen LogP contribution >= 0.6 is 0 Å². The van der Waals surface area contributed by atoms with E-state index in [0.717, 1.165) is 10.8 Å². The van der Waals surface area contributed by atoms with Gasteiger partial charge in [0.1, 0.15) is 5.75 Å². The van der Waals surface area contributed by atoms with Crippen LogP contribution < -0.4 is 10.1 Å². The summed E-state index contributed by atoms with van der Waals surface area (Å²) in [5, 5.41) is 13.6. The molecule has 0 unspecified atom stereocenters. The molecule has 28 heavy (non-hydrogen) atoms. The molecule has 0 radical (unpaired) electrons. The Kier molecular flexibility index (Phi) is 6.01. The summed E-state index contributed by atoms with van der Waals surface area (Å²) >= 11 is 0. The van der Waals surface area contributed by atoms with Gasteiger partial charge in [-0.15, -0.1) is 0 Å². The molecule has 0 aromatic heterocycles. The highest BCUT2D eigenvalue weighted by molar-refractivity contribution is 6.39. The van der Waals surface area contributed by atoms with Gasteiger partial charge in [-0.1, -0.05) is 30.3 Å². The fraction of sp³-hybridized carbons (Fsp3) is 0.136. The average molecular weight is 377 g/mol. The smallest absolute Gasteiger partial charge is 0.377 e. The summed E-state index contributed by atoms with van der Waals surface area (Å²) in [7, 11) is 0. The monoisotopic (exact) mass is 377 g/mol. The van der Waals surface area contributed by atoms with Gasteiger partial charge in [-0.2, -0.15) is 0 Å². The van der Waals surface area contributed by atoms with Crippen molar-refractivity contribution in [2.45, 2.75) is 6.42 Å². The first-order chi connectivity index (χ1) is 13.5. The molecule has 142 valence electrons. The van der Waals surface area contributed by atoms with Gasteiger partial charge in [0, 0.05) is 17.7 Å². The summed E-state index contributed by atoms with van der Waals surface area (Å²) in [5.41, 5.74) is 0.709. The molecule has 0 aliphatic heterocycles. The lowest BCUT2D eigenvalue weighted by Crippen LogP contribution is -2.25. The van der Waals surface area contributed by atoms with Gasteiger partial charge < -0.3 is 15.2 Å². The van der Waals surface area contributed by atoms with E-state index in [1.165, 1.54) is 12.1 Å². The van der Waals surface area contributed by atoms with Crippen molar-refractivity contribution in [3.05, 3.63) is 77.9 Å². The van der Waals surface area contributed by atoms with Crippen LogP contribution in [0.3, 0.4) is 0 Å². The van der Waals surface area contributed by atoms with Crippen LogP contribution in [0.5, 0.6) is 5.75 Å². The number of hydrogen-bond acceptors (Lipinski definition) is 4. The lowest BCUT2D eigenvalue weighted by molar-refractivity contribution is -0.131. The molecule has 0 saturated heterocycles. The van der Waals surface area contributed by atoms with Gasteiger partial charge in [0.2, 0.25) is 0 Å². The first kappa shape index (κ1) is 19.1. The van der Waals surface area contributed by atoms with Gasteiger partial charge in [-0.05, 0) is 53.6 Å². The molecular weight excluding hydrogens is 358 g/mol. The number of fused-ring (bicyclic) bond motifs is 1. The number of Topliss-reactive ketones (excluding diaryl/α,β-unsaturated/α-hetero) is 1. The van der Waals surface area contributed by atoms with Crippen LogP contribution in [0.1, 0.15) is 27.1 Å². The number of ketones is 1. The Bertz CT molecular complexity index is 1010. The van der Waals surface area contributed by atoms with Gasteiger partial charge in [-0.25, -0.2) is 4.79 Å². The third-order valence-electron chi connectivity index (χ3n) is 4.20. The van der Waals surface area contributed by atoms with Crippen LogP contribution in [0.25, 0.3) is 10.8 Å². The average Bonchev–Trinajstić information content (AvgIpc) is 2.72. The zero-order valence-electron chi connectivity index (χ0n) is 15.1. The summed E-state index contributed by atoms with van der Waals surface area (Å²) in [6, 6.07) is 19.4. The number of carbonyl (C=O) groups is 3. The molecular formula is C22H19NO5. The number of carboxylic acid groups (broad SMARTS) is 1. The fourth-order valence-electron chi connectivity index (χ4n) is 2.72. The van der Waals surface area contributed by atoms with Gasteiger partial charge in [0.25, 0.3) is 11.7 Å². The minimum absolute atomic E-state index is 0.0995. The van der Waals surface area contributed by atoms with Crippen LogP contribution in [0, 0.1) is 0 Å². The second-order valence-corrected chi connectivity index (χ2v) is 6.18. The maximum atomic E-state index is 12.2. The summed E-state index contributed by atoms with van der Waals surface area (Å²) in [5.74, 6) is -2.05. The minimum atomic E-state index is -1.49. The van der Waals surface area contributed by atoms with Crippen LogP contribution in [-0.4, -0.2) is 35.9 Å². The van der Waals surface area contributed by atoms with Crippen molar-refractivity contribution in [2.24, 2.45) is 0 Å². The molecule has 3 rings (SSSR count). The lowest BCUT2D eigenvalue weighted by atomic mass is 10.1. The molecule has 0 saturated carbocycles. The second-order valence-electron chi connectivity index (χ2n) is 6.18. The molecule has 0 spiro atoms. The van der Waals surface area contributed by atoms with E-state index >= 15 is 0 Å². The van der Waals surface area contributed by atoms with Gasteiger partial charge in [0.15, 0.2) is 0 Å². The molecule has 0 aliphatic rings. The first-order valence-electron chi connectivity index (χ1n) is 8.82. The maximum Gasteiger partial charge on any atom is 0.377 e. The van der Waals surface area contributed by atoms with E-state index in [1.54, 1.807) is 18.2 Å². The zero-order valence-corrected chi connectivity index (χ0v) is 15.1. The Morgan fingerprint density at radius 3 is 2.25 bits per heavy atom. The van der Waals surface area contributed by atoms with Gasteiger partial charge in [0.05, 0.1) is 6.61 Å². The molecule has 0 fully saturated rings. The number of amides is 1. The molecule has 0 heterocycles. The van der Waals surface area contributed by atoms with Crippen molar-refractivity contribution < 1.29 is 24.2 Å². The topological polar surface area (TPSA) is 92.7 Å². The lowest BCUT2D eigenvalue weighted by Gasteiger charge is -2.08. The molecule has 3 aromatic rings. The predicted octanol–water partition coefficient (Wildman–Crippen LogP) is 3.31. The van der Waals surface area contributed by atoms with E-state index in [1.807, 2.05) is 36.4 Å². The fourth-order valence-corrected chi connectivity index (χ4v) is 2.72. The van der Waals surface area contributed by atoms with E-state index in [4.69, 9.17) is 9.84 Å². The summed E-state index contributed by atoms with van der Waals surface area (Å²) in [6.45, 7) is 0.839. The molecule has 0 aliphatic carbocycles. The van der Waals surface area contributed by atoms with E-state index in [9.17, 15) is 14.4 Å². The number of aliphatic carboxylic acids is 1. The van der Waals surface area contributed by atoms with Crippen molar-refractivity contribution in [3.63, 3.8) is 0 Å². The van der Waals surface area contributed by atoms with Crippen molar-refractivity contribution >= 4 is 28.4 Å². The zero-order chi connectivity index (χ0) is 19.9. The minimum Gasteiger partial charge on any atom is -0.494 e. The number of carboxylic acids is 1. The number of hydrogen-bond donors (Lipinski definition) is 2. The van der Waals surface area contributed by atoms with Crippen LogP contribution in [0.4, 0.5) is 0 Å². The van der Waals surface area contributed by atoms with Gasteiger partial charge >= 0.3 is 5.97 Å². The molecule has 1 amide bonds. The van der Waals surface area contributed by atoms with Crippen molar-refractivity contribution in [1.29, 1.82) is 0 Å². The molecule has 6 nitrogen and oxygen atoms in total. The third kappa shape index (κ3) is 4.73. The highest BCUT2D eigenvalue weighted by Crippen LogP contribution is 2.16. The molecule has 0 atom stereocenters. The molecule has 2 N–H and O–H groups in total. The van der Waals surface area contributed by atoms with Crippen LogP contribution in [0.2, 0.25) is 0 Å². The van der Waals surface area contributed by atoms with Crippen molar-refractivity contribution in [2.75, 3.05) is 13.2 Å². The number of benzene rings is 3. The van der Waals surface area contributed by atoms with Crippen LogP contribution in [0.15, 0.2) is 66.7 Å². The Morgan fingerprint density at radius 2 is 1.54 bits per heavy atom. The highest BCUT2D eigenvalue weighted by Gasteiger charge is 2.13. The molecule has 6 heteroatoms. The molecule has 3 aromatic carbocycles. The number of carbonyl (C=O) groups excluding carboxylic acids is 2. The Morgan fingerprint density at radius 1 is 0.857 bits per heavy atom. The van der Waals surface area contributed by atoms with E-state index < -0.39 is 11.8 Å². The third-order valence-corrected chi connectivity index (χ3v) is 4.20. The van der Waals surface area contributed by atoms with E-state index in [-0.39, 0.29) is 11.5 Å². The second kappa shape index (κ2) is 8.81. The molecule has 0 bridgehead atoms. The first-order valence-corrected chi connectivity index (χ1v) is 8.82. The van der Waals surface area contributed by atoms with Crippen molar-refractivity contribution in [3.8, 4) is 5.75 Å². The van der Waals surface area contributed by atoms with Gasteiger partial charge in [-0.3, -0.25) is 9.59 Å². The standard InChI is InChI=1S/C22H19NO5/c24-20(22(26)27)16-8-10-19(11-9-16)28-13-3-12-23-21(25)18-7-6-15-4-1-2-5-17(15)14-18/h1-2,4-11,14H,3,12-13H2,(H,23,25)(H,26,27). The maximum absolute atomic E-state index is 12.2. The Balaban J connectivity index is 1.43. The summed E-state index contributed by atoms with van der Waals surface area (Å²) in [6.07, 6.45) is 0.606. The van der Waals surface area contributed by atoms with Crippen molar-refractivity contribution in [1.82, 2.24) is 5.32 Å². The number of nitrogens with one attached hydrogen (secondary N) is 1. The predicted molar refractivity (Wildman–Crippen MR) is 105 cm³/mol. The normalized spacial score (nSPS) is 10.4. The summed E-state index contributed by atoms with van der Waals surface area (Å²) in [4.78, 5) is 34.2.